The molecule has 1 saturated heterocycles. The van der Waals surface area contributed by atoms with E-state index in [0.717, 1.165) is 6.42 Å². The molecule has 0 spiro atoms. The fourth-order valence-electron chi connectivity index (χ4n) is 1.70. The summed E-state index contributed by atoms with van der Waals surface area (Å²) in [6.45, 7) is 1.08. The Hall–Kier alpha value is -1.96. The lowest BCUT2D eigenvalue weighted by atomic mass is 10.1. The van der Waals surface area contributed by atoms with Crippen LogP contribution >= 0.6 is 0 Å². The van der Waals surface area contributed by atoms with E-state index in [-0.39, 0.29) is 24.9 Å². The molecule has 2 N–H and O–H groups in total. The van der Waals surface area contributed by atoms with Crippen LogP contribution in [-0.4, -0.2) is 45.2 Å². The normalized spacial score (nSPS) is 18.8. The summed E-state index contributed by atoms with van der Waals surface area (Å²) in [5.41, 5.74) is 0.531. The van der Waals surface area contributed by atoms with Gasteiger partial charge in [-0.25, -0.2) is 4.68 Å². The summed E-state index contributed by atoms with van der Waals surface area (Å²) in [6, 6.07) is 0. The summed E-state index contributed by atoms with van der Waals surface area (Å²) in [7, 11) is 0. The maximum Gasteiger partial charge on any atom is 0.325 e. The molecular formula is C10H14N4O4. The molecule has 1 aliphatic heterocycles. The molecule has 0 saturated carbocycles. The molecular weight excluding hydrogens is 240 g/mol. The molecule has 0 radical (unpaired) electrons. The first-order valence-corrected chi connectivity index (χ1v) is 5.61. The first-order valence-electron chi connectivity index (χ1n) is 5.61. The lowest BCUT2D eigenvalue weighted by Crippen LogP contribution is -2.30. The third kappa shape index (κ3) is 3.27. The van der Waals surface area contributed by atoms with Crippen molar-refractivity contribution in [2.24, 2.45) is 5.92 Å². The Morgan fingerprint density at radius 3 is 3.11 bits per heavy atom. The number of carbonyl (C=O) groups is 2. The number of ether oxygens (including phenoxy) is 1. The van der Waals surface area contributed by atoms with Crippen LogP contribution in [0.5, 0.6) is 0 Å². The number of aliphatic carboxylic acids is 1. The molecule has 1 aromatic heterocycles. The molecule has 1 aromatic rings. The molecule has 1 unspecified atom stereocenters. The zero-order valence-electron chi connectivity index (χ0n) is 9.70. The van der Waals surface area contributed by atoms with Crippen LogP contribution in [0.2, 0.25) is 0 Å². The number of carbonyl (C=O) groups excluding carboxylic acids is 1. The molecule has 1 amide bonds. The van der Waals surface area contributed by atoms with Crippen LogP contribution in [-0.2, 0) is 27.4 Å². The van der Waals surface area contributed by atoms with Gasteiger partial charge in [-0.1, -0.05) is 5.21 Å². The summed E-state index contributed by atoms with van der Waals surface area (Å²) >= 11 is 0. The first-order chi connectivity index (χ1) is 8.65. The quantitative estimate of drug-likeness (QED) is 0.699. The zero-order valence-corrected chi connectivity index (χ0v) is 9.70. The lowest BCUT2D eigenvalue weighted by molar-refractivity contribution is -0.138. The maximum atomic E-state index is 11.7. The second-order valence-electron chi connectivity index (χ2n) is 4.08. The Bertz CT molecular complexity index is 439. The van der Waals surface area contributed by atoms with Crippen molar-refractivity contribution < 1.29 is 19.4 Å². The summed E-state index contributed by atoms with van der Waals surface area (Å²) in [5, 5.41) is 18.7. The number of carboxylic acid groups (broad SMARTS) is 1. The average molecular weight is 254 g/mol. The molecule has 1 aliphatic rings. The van der Waals surface area contributed by atoms with Crippen LogP contribution in [0.25, 0.3) is 0 Å². The van der Waals surface area contributed by atoms with E-state index in [1.807, 2.05) is 0 Å². The van der Waals surface area contributed by atoms with Crippen LogP contribution in [0.1, 0.15) is 12.1 Å². The van der Waals surface area contributed by atoms with E-state index in [4.69, 9.17) is 9.84 Å². The third-order valence-corrected chi connectivity index (χ3v) is 2.63. The van der Waals surface area contributed by atoms with Gasteiger partial charge in [-0.3, -0.25) is 9.59 Å². The van der Waals surface area contributed by atoms with E-state index in [9.17, 15) is 9.59 Å². The number of carboxylic acids is 1. The minimum atomic E-state index is -0.987. The minimum Gasteiger partial charge on any atom is -0.480 e. The third-order valence-electron chi connectivity index (χ3n) is 2.63. The van der Waals surface area contributed by atoms with Crippen molar-refractivity contribution in [3.63, 3.8) is 0 Å². The number of aromatic nitrogens is 3. The van der Waals surface area contributed by atoms with Crippen LogP contribution in [0.15, 0.2) is 6.20 Å². The van der Waals surface area contributed by atoms with Gasteiger partial charge in [-0.05, 0) is 6.42 Å². The highest BCUT2D eigenvalue weighted by atomic mass is 16.5. The van der Waals surface area contributed by atoms with Gasteiger partial charge in [0.05, 0.1) is 25.3 Å². The van der Waals surface area contributed by atoms with E-state index in [2.05, 4.69) is 15.6 Å². The molecule has 98 valence electrons. The summed E-state index contributed by atoms with van der Waals surface area (Å²) in [4.78, 5) is 22.1. The fraction of sp³-hybridized carbons (Fsp3) is 0.600. The van der Waals surface area contributed by atoms with Gasteiger partial charge in [0.2, 0.25) is 5.91 Å². The second-order valence-corrected chi connectivity index (χ2v) is 4.08. The van der Waals surface area contributed by atoms with Crippen LogP contribution < -0.4 is 5.32 Å². The number of nitrogens with zero attached hydrogens (tertiary/aromatic N) is 3. The van der Waals surface area contributed by atoms with E-state index >= 15 is 0 Å². The van der Waals surface area contributed by atoms with Crippen molar-refractivity contribution in [1.82, 2.24) is 20.3 Å². The van der Waals surface area contributed by atoms with Crippen molar-refractivity contribution in [3.8, 4) is 0 Å². The Morgan fingerprint density at radius 2 is 2.44 bits per heavy atom. The van der Waals surface area contributed by atoms with Crippen molar-refractivity contribution in [2.75, 3.05) is 13.2 Å². The summed E-state index contributed by atoms with van der Waals surface area (Å²) in [6.07, 6.45) is 2.23. The number of nitrogens with one attached hydrogen (secondary N) is 1. The molecule has 0 aliphatic carbocycles. The average Bonchev–Trinajstić information content (AvgIpc) is 2.95. The molecule has 2 heterocycles. The van der Waals surface area contributed by atoms with E-state index in [1.165, 1.54) is 10.9 Å². The van der Waals surface area contributed by atoms with E-state index < -0.39 is 5.97 Å². The van der Waals surface area contributed by atoms with Gasteiger partial charge < -0.3 is 15.2 Å². The van der Waals surface area contributed by atoms with Crippen LogP contribution in [0.4, 0.5) is 0 Å². The molecule has 1 atom stereocenters. The summed E-state index contributed by atoms with van der Waals surface area (Å²) < 4.78 is 6.33. The van der Waals surface area contributed by atoms with E-state index in [0.29, 0.717) is 18.9 Å². The Morgan fingerprint density at radius 1 is 1.61 bits per heavy atom. The lowest BCUT2D eigenvalue weighted by Gasteiger charge is -2.07. The Labute approximate surface area is 103 Å². The van der Waals surface area contributed by atoms with Crippen molar-refractivity contribution >= 4 is 11.9 Å². The number of hydrogen-bond donors (Lipinski definition) is 2. The number of amides is 1. The molecule has 0 bridgehead atoms. The highest BCUT2D eigenvalue weighted by Gasteiger charge is 2.23. The van der Waals surface area contributed by atoms with Gasteiger partial charge in [-0.15, -0.1) is 5.10 Å². The van der Waals surface area contributed by atoms with Gasteiger partial charge in [0.25, 0.3) is 0 Å². The molecule has 1 fully saturated rings. The SMILES string of the molecule is O=C(O)Cn1cc(CNC(=O)C2CCOC2)nn1. The van der Waals surface area contributed by atoms with Crippen molar-refractivity contribution in [3.05, 3.63) is 11.9 Å². The summed E-state index contributed by atoms with van der Waals surface area (Å²) in [5.74, 6) is -1.15. The van der Waals surface area contributed by atoms with Gasteiger partial charge in [0.1, 0.15) is 12.2 Å². The Balaban J connectivity index is 1.80. The van der Waals surface area contributed by atoms with Crippen LogP contribution in [0, 0.1) is 5.92 Å². The fourth-order valence-corrected chi connectivity index (χ4v) is 1.70. The van der Waals surface area contributed by atoms with Crippen molar-refractivity contribution in [2.45, 2.75) is 19.5 Å². The Kier molecular flexibility index (Phi) is 3.88. The molecule has 18 heavy (non-hydrogen) atoms. The molecule has 0 aromatic carbocycles. The maximum absolute atomic E-state index is 11.7. The predicted molar refractivity (Wildman–Crippen MR) is 58.4 cm³/mol. The number of hydrogen-bond acceptors (Lipinski definition) is 5. The highest BCUT2D eigenvalue weighted by molar-refractivity contribution is 5.78. The van der Waals surface area contributed by atoms with E-state index in [1.54, 1.807) is 0 Å². The first kappa shape index (κ1) is 12.5. The van der Waals surface area contributed by atoms with Gasteiger partial charge in [0.15, 0.2) is 0 Å². The number of rotatable bonds is 5. The minimum absolute atomic E-state index is 0.0692. The smallest absolute Gasteiger partial charge is 0.325 e. The molecule has 8 nitrogen and oxygen atoms in total. The highest BCUT2D eigenvalue weighted by Crippen LogP contribution is 2.12. The predicted octanol–water partition coefficient (Wildman–Crippen LogP) is -0.985. The van der Waals surface area contributed by atoms with Gasteiger partial charge in [-0.2, -0.15) is 0 Å². The molecule has 2 rings (SSSR count). The standard InChI is InChI=1S/C10H14N4O4/c15-9(16)5-14-4-8(12-13-14)3-11-10(17)7-1-2-18-6-7/h4,7H,1-3,5-6H2,(H,11,17)(H,15,16). The zero-order chi connectivity index (χ0) is 13.0. The van der Waals surface area contributed by atoms with Gasteiger partial charge >= 0.3 is 5.97 Å². The van der Waals surface area contributed by atoms with Crippen LogP contribution in [0.3, 0.4) is 0 Å². The monoisotopic (exact) mass is 254 g/mol. The second kappa shape index (κ2) is 5.58. The van der Waals surface area contributed by atoms with Crippen molar-refractivity contribution in [1.29, 1.82) is 0 Å². The molecule has 8 heteroatoms. The largest absolute Gasteiger partial charge is 0.480 e. The van der Waals surface area contributed by atoms with Gasteiger partial charge in [0, 0.05) is 6.61 Å². The topological polar surface area (TPSA) is 106 Å².